The van der Waals surface area contributed by atoms with Gasteiger partial charge >= 0.3 is 0 Å². The highest BCUT2D eigenvalue weighted by atomic mass is 16.2. The van der Waals surface area contributed by atoms with Crippen molar-refractivity contribution in [3.63, 3.8) is 0 Å². The SMILES string of the molecule is CCCCNC(=O)c1cccc(C(=O)N2CCCCC2CC)n1. The lowest BCUT2D eigenvalue weighted by atomic mass is 9.99. The van der Waals surface area contributed by atoms with Crippen molar-refractivity contribution in [2.24, 2.45) is 0 Å². The van der Waals surface area contributed by atoms with E-state index in [1.807, 2.05) is 4.90 Å². The van der Waals surface area contributed by atoms with Gasteiger partial charge < -0.3 is 10.2 Å². The molecule has 0 bridgehead atoms. The Labute approximate surface area is 138 Å². The van der Waals surface area contributed by atoms with Gasteiger partial charge in [0.25, 0.3) is 11.8 Å². The van der Waals surface area contributed by atoms with Crippen LogP contribution < -0.4 is 5.32 Å². The van der Waals surface area contributed by atoms with E-state index in [4.69, 9.17) is 0 Å². The zero-order valence-electron chi connectivity index (χ0n) is 14.2. The number of unbranched alkanes of at least 4 members (excludes halogenated alkanes) is 1. The van der Waals surface area contributed by atoms with Gasteiger partial charge in [0.05, 0.1) is 0 Å². The number of piperidine rings is 1. The second kappa shape index (κ2) is 8.65. The fourth-order valence-corrected chi connectivity index (χ4v) is 2.99. The van der Waals surface area contributed by atoms with Crippen LogP contribution >= 0.6 is 0 Å². The monoisotopic (exact) mass is 317 g/mol. The molecule has 1 saturated heterocycles. The third-order valence-corrected chi connectivity index (χ3v) is 4.38. The number of carbonyl (C=O) groups is 2. The van der Waals surface area contributed by atoms with Crippen molar-refractivity contribution in [2.75, 3.05) is 13.1 Å². The van der Waals surface area contributed by atoms with E-state index in [0.29, 0.717) is 24.0 Å². The van der Waals surface area contributed by atoms with Gasteiger partial charge in [-0.3, -0.25) is 9.59 Å². The maximum absolute atomic E-state index is 12.7. The highest BCUT2D eigenvalue weighted by Crippen LogP contribution is 2.21. The molecule has 126 valence electrons. The van der Waals surface area contributed by atoms with E-state index in [1.165, 1.54) is 6.42 Å². The Morgan fingerprint density at radius 1 is 1.26 bits per heavy atom. The number of likely N-dealkylation sites (tertiary alicyclic amines) is 1. The summed E-state index contributed by atoms with van der Waals surface area (Å²) in [7, 11) is 0. The van der Waals surface area contributed by atoms with E-state index in [-0.39, 0.29) is 11.8 Å². The highest BCUT2D eigenvalue weighted by molar-refractivity contribution is 5.96. The number of aromatic nitrogens is 1. The van der Waals surface area contributed by atoms with Crippen LogP contribution in [0.2, 0.25) is 0 Å². The van der Waals surface area contributed by atoms with Crippen LogP contribution in [0.15, 0.2) is 18.2 Å². The Hall–Kier alpha value is -1.91. The van der Waals surface area contributed by atoms with E-state index in [1.54, 1.807) is 18.2 Å². The van der Waals surface area contributed by atoms with E-state index >= 15 is 0 Å². The summed E-state index contributed by atoms with van der Waals surface area (Å²) in [5.74, 6) is -0.265. The first-order chi connectivity index (χ1) is 11.2. The summed E-state index contributed by atoms with van der Waals surface area (Å²) in [6, 6.07) is 5.39. The standard InChI is InChI=1S/C18H27N3O2/c1-3-5-12-19-17(22)15-10-8-11-16(20-15)18(23)21-13-7-6-9-14(21)4-2/h8,10-11,14H,3-7,9,12-13H2,1-2H3,(H,19,22). The predicted octanol–water partition coefficient (Wildman–Crippen LogP) is 3.02. The molecule has 0 radical (unpaired) electrons. The van der Waals surface area contributed by atoms with Crippen molar-refractivity contribution < 1.29 is 9.59 Å². The van der Waals surface area contributed by atoms with Gasteiger partial charge in [0.2, 0.25) is 0 Å². The van der Waals surface area contributed by atoms with Crippen molar-refractivity contribution in [1.82, 2.24) is 15.2 Å². The smallest absolute Gasteiger partial charge is 0.272 e. The summed E-state index contributed by atoms with van der Waals surface area (Å²) in [5, 5.41) is 2.84. The first kappa shape index (κ1) is 17.4. The molecule has 2 heterocycles. The number of carbonyl (C=O) groups excluding carboxylic acids is 2. The lowest BCUT2D eigenvalue weighted by molar-refractivity contribution is 0.0602. The quantitative estimate of drug-likeness (QED) is 0.820. The summed E-state index contributed by atoms with van der Waals surface area (Å²) in [6.45, 7) is 5.61. The number of amides is 2. The minimum Gasteiger partial charge on any atom is -0.351 e. The number of hydrogen-bond acceptors (Lipinski definition) is 3. The lowest BCUT2D eigenvalue weighted by Gasteiger charge is -2.35. The normalized spacial score (nSPS) is 17.8. The number of nitrogens with zero attached hydrogens (tertiary/aromatic N) is 2. The average molecular weight is 317 g/mol. The Bertz CT molecular complexity index is 545. The molecule has 5 nitrogen and oxygen atoms in total. The maximum Gasteiger partial charge on any atom is 0.272 e. The Morgan fingerprint density at radius 3 is 2.78 bits per heavy atom. The van der Waals surface area contributed by atoms with Gasteiger partial charge in [0.1, 0.15) is 11.4 Å². The first-order valence-corrected chi connectivity index (χ1v) is 8.73. The van der Waals surface area contributed by atoms with Gasteiger partial charge in [-0.2, -0.15) is 0 Å². The van der Waals surface area contributed by atoms with E-state index < -0.39 is 0 Å². The van der Waals surface area contributed by atoms with E-state index in [0.717, 1.165) is 38.6 Å². The molecule has 2 rings (SSSR count). The molecule has 1 fully saturated rings. The average Bonchev–Trinajstić information content (AvgIpc) is 2.61. The van der Waals surface area contributed by atoms with Crippen LogP contribution in [0.5, 0.6) is 0 Å². The molecule has 0 aromatic carbocycles. The Morgan fingerprint density at radius 2 is 2.04 bits per heavy atom. The first-order valence-electron chi connectivity index (χ1n) is 8.73. The summed E-state index contributed by atoms with van der Waals surface area (Å²) >= 11 is 0. The van der Waals surface area contributed by atoms with E-state index in [9.17, 15) is 9.59 Å². The molecule has 0 aliphatic carbocycles. The van der Waals surface area contributed by atoms with Crippen LogP contribution in [0, 0.1) is 0 Å². The Kier molecular flexibility index (Phi) is 6.56. The number of nitrogens with one attached hydrogen (secondary N) is 1. The van der Waals surface area contributed by atoms with Crippen LogP contribution in [0.4, 0.5) is 0 Å². The molecule has 0 spiro atoms. The molecule has 0 saturated carbocycles. The third-order valence-electron chi connectivity index (χ3n) is 4.38. The molecule has 1 aromatic rings. The zero-order valence-corrected chi connectivity index (χ0v) is 14.2. The second-order valence-electron chi connectivity index (χ2n) is 6.07. The zero-order chi connectivity index (χ0) is 16.7. The molecule has 1 aliphatic rings. The van der Waals surface area contributed by atoms with Crippen LogP contribution in [0.25, 0.3) is 0 Å². The Balaban J connectivity index is 2.09. The summed E-state index contributed by atoms with van der Waals surface area (Å²) in [4.78, 5) is 31.0. The molecule has 1 aliphatic heterocycles. The van der Waals surface area contributed by atoms with Crippen LogP contribution in [-0.2, 0) is 0 Å². The van der Waals surface area contributed by atoms with E-state index in [2.05, 4.69) is 24.1 Å². The van der Waals surface area contributed by atoms with Crippen molar-refractivity contribution in [1.29, 1.82) is 0 Å². The van der Waals surface area contributed by atoms with Gasteiger partial charge in [-0.15, -0.1) is 0 Å². The predicted molar refractivity (Wildman–Crippen MR) is 90.4 cm³/mol. The number of pyridine rings is 1. The van der Waals surface area contributed by atoms with Gasteiger partial charge in [-0.05, 0) is 44.2 Å². The summed E-state index contributed by atoms with van der Waals surface area (Å²) < 4.78 is 0. The summed E-state index contributed by atoms with van der Waals surface area (Å²) in [6.07, 6.45) is 6.20. The molecule has 1 N–H and O–H groups in total. The van der Waals surface area contributed by atoms with Crippen molar-refractivity contribution in [3.05, 3.63) is 29.6 Å². The van der Waals surface area contributed by atoms with Gasteiger partial charge in [-0.1, -0.05) is 26.3 Å². The molecule has 1 aromatic heterocycles. The van der Waals surface area contributed by atoms with Crippen LogP contribution in [0.1, 0.15) is 73.3 Å². The molecular weight excluding hydrogens is 290 g/mol. The van der Waals surface area contributed by atoms with Gasteiger partial charge in [0.15, 0.2) is 0 Å². The topological polar surface area (TPSA) is 62.3 Å². The molecule has 1 atom stereocenters. The van der Waals surface area contributed by atoms with Crippen molar-refractivity contribution >= 4 is 11.8 Å². The molecule has 1 unspecified atom stereocenters. The largest absolute Gasteiger partial charge is 0.351 e. The maximum atomic E-state index is 12.7. The summed E-state index contributed by atoms with van der Waals surface area (Å²) in [5.41, 5.74) is 0.686. The number of hydrogen-bond donors (Lipinski definition) is 1. The number of rotatable bonds is 6. The second-order valence-corrected chi connectivity index (χ2v) is 6.07. The van der Waals surface area contributed by atoms with Gasteiger partial charge in [-0.25, -0.2) is 4.98 Å². The van der Waals surface area contributed by atoms with Crippen LogP contribution in [-0.4, -0.2) is 40.8 Å². The highest BCUT2D eigenvalue weighted by Gasteiger charge is 2.27. The molecular formula is C18H27N3O2. The minimum atomic E-state index is -0.209. The van der Waals surface area contributed by atoms with Gasteiger partial charge in [0, 0.05) is 19.1 Å². The molecule has 5 heteroatoms. The van der Waals surface area contributed by atoms with Crippen LogP contribution in [0.3, 0.4) is 0 Å². The fourth-order valence-electron chi connectivity index (χ4n) is 2.99. The molecule has 23 heavy (non-hydrogen) atoms. The molecule has 2 amide bonds. The minimum absolute atomic E-state index is 0.0558. The fraction of sp³-hybridized carbons (Fsp3) is 0.611. The third kappa shape index (κ3) is 4.53. The van der Waals surface area contributed by atoms with Crippen molar-refractivity contribution in [2.45, 2.75) is 58.4 Å². The van der Waals surface area contributed by atoms with Crippen molar-refractivity contribution in [3.8, 4) is 0 Å². The lowest BCUT2D eigenvalue weighted by Crippen LogP contribution is -2.43.